The summed E-state index contributed by atoms with van der Waals surface area (Å²) in [6, 6.07) is 2.62. The predicted molar refractivity (Wildman–Crippen MR) is 69.3 cm³/mol. The molecular weight excluding hydrogens is 286 g/mol. The van der Waals surface area contributed by atoms with Gasteiger partial charge in [-0.05, 0) is 13.0 Å². The van der Waals surface area contributed by atoms with Crippen molar-refractivity contribution in [3.63, 3.8) is 0 Å². The molecule has 1 N–H and O–H groups in total. The van der Waals surface area contributed by atoms with E-state index in [9.17, 15) is 18.9 Å². The van der Waals surface area contributed by atoms with Gasteiger partial charge in [0.2, 0.25) is 17.5 Å². The minimum Gasteiger partial charge on any atom is -0.429 e. The van der Waals surface area contributed by atoms with E-state index in [0.29, 0.717) is 6.54 Å². The summed E-state index contributed by atoms with van der Waals surface area (Å²) in [6.45, 7) is 2.27. The molecule has 0 saturated carbocycles. The fourth-order valence-electron chi connectivity index (χ4n) is 1.49. The summed E-state index contributed by atoms with van der Waals surface area (Å²) in [5.74, 6) is -2.56. The van der Waals surface area contributed by atoms with Gasteiger partial charge in [0, 0.05) is 18.7 Å². The van der Waals surface area contributed by atoms with Gasteiger partial charge < -0.3 is 10.1 Å². The summed E-state index contributed by atoms with van der Waals surface area (Å²) in [4.78, 5) is 17.5. The second-order valence-corrected chi connectivity index (χ2v) is 3.85. The van der Waals surface area contributed by atoms with Gasteiger partial charge >= 0.3 is 5.69 Å². The van der Waals surface area contributed by atoms with E-state index in [-0.39, 0.29) is 5.95 Å². The first-order valence-corrected chi connectivity index (χ1v) is 5.89. The smallest absolute Gasteiger partial charge is 0.311 e. The summed E-state index contributed by atoms with van der Waals surface area (Å²) in [5.41, 5.74) is -0.501. The second-order valence-electron chi connectivity index (χ2n) is 3.85. The lowest BCUT2D eigenvalue weighted by Crippen LogP contribution is -2.04. The summed E-state index contributed by atoms with van der Waals surface area (Å²) in [6.07, 6.45) is 0.853. The summed E-state index contributed by atoms with van der Waals surface area (Å²) >= 11 is 0. The molecule has 2 aromatic rings. The fourth-order valence-corrected chi connectivity index (χ4v) is 1.49. The Labute approximate surface area is 117 Å². The average Bonchev–Trinajstić information content (AvgIpc) is 2.42. The number of nitrogens with one attached hydrogen (secondary N) is 1. The maximum atomic E-state index is 13.6. The number of nitro groups is 1. The van der Waals surface area contributed by atoms with Crippen molar-refractivity contribution >= 4 is 11.6 Å². The first-order chi connectivity index (χ1) is 10.0. The largest absolute Gasteiger partial charge is 0.429 e. The highest BCUT2D eigenvalue weighted by atomic mass is 19.1. The number of halogens is 2. The van der Waals surface area contributed by atoms with Gasteiger partial charge in [0.25, 0.3) is 5.88 Å². The topological polar surface area (TPSA) is 90.2 Å². The van der Waals surface area contributed by atoms with Crippen LogP contribution in [0.15, 0.2) is 24.4 Å². The predicted octanol–water partition coefficient (Wildman–Crippen LogP) is 2.89. The van der Waals surface area contributed by atoms with Crippen LogP contribution in [0, 0.1) is 21.7 Å². The van der Waals surface area contributed by atoms with Gasteiger partial charge in [0.15, 0.2) is 0 Å². The third-order valence-electron chi connectivity index (χ3n) is 2.37. The van der Waals surface area contributed by atoms with E-state index >= 15 is 0 Å². The molecule has 0 aliphatic rings. The maximum Gasteiger partial charge on any atom is 0.311 e. The van der Waals surface area contributed by atoms with Gasteiger partial charge in [-0.3, -0.25) is 10.1 Å². The van der Waals surface area contributed by atoms with E-state index in [0.717, 1.165) is 24.4 Å². The third-order valence-corrected chi connectivity index (χ3v) is 2.37. The second kappa shape index (κ2) is 6.07. The molecule has 0 amide bonds. The molecule has 0 spiro atoms. The molecule has 0 unspecified atom stereocenters. The molecular formula is C12H10F2N4O3. The lowest BCUT2D eigenvalue weighted by molar-refractivity contribution is -0.385. The van der Waals surface area contributed by atoms with Crippen LogP contribution in [0.2, 0.25) is 0 Å². The van der Waals surface area contributed by atoms with Crippen LogP contribution in [0.1, 0.15) is 6.92 Å². The highest BCUT2D eigenvalue weighted by Crippen LogP contribution is 2.32. The lowest BCUT2D eigenvalue weighted by atomic mass is 10.3. The number of hydrogen-bond donors (Lipinski definition) is 1. The molecule has 0 saturated heterocycles. The molecule has 110 valence electrons. The average molecular weight is 296 g/mol. The van der Waals surface area contributed by atoms with Gasteiger partial charge in [-0.1, -0.05) is 0 Å². The van der Waals surface area contributed by atoms with Crippen LogP contribution in [-0.2, 0) is 0 Å². The molecule has 1 aromatic carbocycles. The van der Waals surface area contributed by atoms with E-state index in [2.05, 4.69) is 15.3 Å². The maximum absolute atomic E-state index is 13.6. The van der Waals surface area contributed by atoms with Crippen molar-refractivity contribution in [2.75, 3.05) is 11.9 Å². The van der Waals surface area contributed by atoms with Crippen LogP contribution in [0.3, 0.4) is 0 Å². The summed E-state index contributed by atoms with van der Waals surface area (Å²) in [7, 11) is 0. The van der Waals surface area contributed by atoms with Gasteiger partial charge in [0.1, 0.15) is 5.82 Å². The van der Waals surface area contributed by atoms with Crippen LogP contribution in [-0.4, -0.2) is 21.4 Å². The number of rotatable bonds is 5. The number of nitro benzene ring substituents is 1. The van der Waals surface area contributed by atoms with Crippen LogP contribution < -0.4 is 10.1 Å². The molecule has 0 fully saturated rings. The molecule has 9 heteroatoms. The molecule has 0 aliphatic heterocycles. The number of hydrogen-bond acceptors (Lipinski definition) is 6. The van der Waals surface area contributed by atoms with Gasteiger partial charge in [-0.15, -0.1) is 0 Å². The zero-order valence-corrected chi connectivity index (χ0v) is 10.8. The molecule has 1 heterocycles. The minimum absolute atomic E-state index is 0.0907. The Hall–Kier alpha value is -2.84. The van der Waals surface area contributed by atoms with E-state index < -0.39 is 33.9 Å². The Bertz CT molecular complexity index is 682. The first kappa shape index (κ1) is 14.6. The Balaban J connectivity index is 2.39. The molecule has 0 bridgehead atoms. The van der Waals surface area contributed by atoms with Crippen LogP contribution in [0.5, 0.6) is 11.6 Å². The van der Waals surface area contributed by atoms with Gasteiger partial charge in [-0.2, -0.15) is 9.37 Å². The molecule has 0 aliphatic carbocycles. The zero-order valence-electron chi connectivity index (χ0n) is 10.8. The normalized spacial score (nSPS) is 10.2. The number of nitrogens with zero attached hydrogens (tertiary/aromatic N) is 3. The summed E-state index contributed by atoms with van der Waals surface area (Å²) in [5, 5.41) is 13.6. The van der Waals surface area contributed by atoms with Crippen molar-refractivity contribution in [1.82, 2.24) is 9.97 Å². The molecule has 21 heavy (non-hydrogen) atoms. The van der Waals surface area contributed by atoms with Crippen LogP contribution >= 0.6 is 0 Å². The molecule has 7 nitrogen and oxygen atoms in total. The molecule has 2 rings (SSSR count). The van der Waals surface area contributed by atoms with Crippen molar-refractivity contribution < 1.29 is 18.4 Å². The number of anilines is 1. The van der Waals surface area contributed by atoms with E-state index in [1.54, 1.807) is 6.92 Å². The fraction of sp³-hybridized carbons (Fsp3) is 0.167. The SMILES string of the molecule is CCNc1ncc(F)c(Oc2cc(F)ccc2[N+](=O)[O-])n1. The van der Waals surface area contributed by atoms with Crippen molar-refractivity contribution in [3.8, 4) is 11.6 Å². The van der Waals surface area contributed by atoms with Gasteiger partial charge in [0.05, 0.1) is 11.1 Å². The Morgan fingerprint density at radius 1 is 1.43 bits per heavy atom. The van der Waals surface area contributed by atoms with Crippen molar-refractivity contribution in [1.29, 1.82) is 0 Å². The van der Waals surface area contributed by atoms with Crippen molar-refractivity contribution in [2.45, 2.75) is 6.92 Å². The lowest BCUT2D eigenvalue weighted by Gasteiger charge is -2.08. The van der Waals surface area contributed by atoms with Crippen LogP contribution in [0.25, 0.3) is 0 Å². The minimum atomic E-state index is -0.921. The Morgan fingerprint density at radius 3 is 2.86 bits per heavy atom. The van der Waals surface area contributed by atoms with E-state index in [1.807, 2.05) is 0 Å². The quantitative estimate of drug-likeness (QED) is 0.674. The van der Waals surface area contributed by atoms with Crippen LogP contribution in [0.4, 0.5) is 20.4 Å². The highest BCUT2D eigenvalue weighted by Gasteiger charge is 2.19. The number of aromatic nitrogens is 2. The summed E-state index contributed by atoms with van der Waals surface area (Å²) < 4.78 is 31.8. The first-order valence-electron chi connectivity index (χ1n) is 5.89. The van der Waals surface area contributed by atoms with E-state index in [1.165, 1.54) is 0 Å². The number of benzene rings is 1. The third kappa shape index (κ3) is 3.38. The standard InChI is InChI=1S/C12H10F2N4O3/c1-2-15-12-16-6-8(14)11(17-12)21-10-5-7(13)3-4-9(10)18(19)20/h3-6H,2H2,1H3,(H,15,16,17). The Kier molecular flexibility index (Phi) is 4.21. The number of ether oxygens (including phenoxy) is 1. The molecule has 0 atom stereocenters. The van der Waals surface area contributed by atoms with E-state index in [4.69, 9.17) is 4.74 Å². The van der Waals surface area contributed by atoms with Crippen molar-refractivity contribution in [2.24, 2.45) is 0 Å². The molecule has 1 aromatic heterocycles. The van der Waals surface area contributed by atoms with Crippen molar-refractivity contribution in [3.05, 3.63) is 46.1 Å². The zero-order chi connectivity index (χ0) is 15.4. The van der Waals surface area contributed by atoms with Gasteiger partial charge in [-0.25, -0.2) is 9.37 Å². The monoisotopic (exact) mass is 296 g/mol. The highest BCUT2D eigenvalue weighted by molar-refractivity contribution is 5.48. The molecule has 0 radical (unpaired) electrons. The Morgan fingerprint density at radius 2 is 2.19 bits per heavy atom.